The van der Waals surface area contributed by atoms with E-state index < -0.39 is 43.6 Å². The van der Waals surface area contributed by atoms with Crippen LogP contribution in [0.5, 0.6) is 11.5 Å². The van der Waals surface area contributed by atoms with Crippen molar-refractivity contribution in [3.8, 4) is 11.5 Å². The van der Waals surface area contributed by atoms with Crippen LogP contribution in [0, 0.1) is 11.8 Å². The van der Waals surface area contributed by atoms with Gasteiger partial charge in [0.25, 0.3) is 0 Å². The number of methoxy groups -OCH3 is 1. The van der Waals surface area contributed by atoms with Gasteiger partial charge in [-0.1, -0.05) is 6.07 Å². The van der Waals surface area contributed by atoms with Gasteiger partial charge in [0.1, 0.15) is 24.4 Å². The molecule has 5 N–H and O–H groups in total. The first kappa shape index (κ1) is 20.8. The van der Waals surface area contributed by atoms with Crippen molar-refractivity contribution in [2.24, 2.45) is 11.8 Å². The molecule has 3 aliphatic heterocycles. The van der Waals surface area contributed by atoms with Crippen LogP contribution in [0.15, 0.2) is 18.2 Å². The number of aromatic hydroxyl groups is 1. The van der Waals surface area contributed by atoms with E-state index in [2.05, 4.69) is 0 Å². The average Bonchev–Trinajstić information content (AvgIpc) is 3.31. The van der Waals surface area contributed by atoms with E-state index in [9.17, 15) is 25.5 Å². The van der Waals surface area contributed by atoms with Gasteiger partial charge in [-0.05, 0) is 17.7 Å². The molecule has 3 fully saturated rings. The molecule has 10 heteroatoms. The lowest BCUT2D eigenvalue weighted by Gasteiger charge is -2.40. The van der Waals surface area contributed by atoms with Crippen LogP contribution in [-0.2, 0) is 18.9 Å². The van der Waals surface area contributed by atoms with Gasteiger partial charge in [0, 0.05) is 11.8 Å². The molecule has 3 heterocycles. The first-order valence-electron chi connectivity index (χ1n) is 9.50. The third-order valence-electron chi connectivity index (χ3n) is 5.86. The van der Waals surface area contributed by atoms with E-state index in [0.29, 0.717) is 19.0 Å². The van der Waals surface area contributed by atoms with Crippen molar-refractivity contribution in [1.82, 2.24) is 0 Å². The van der Waals surface area contributed by atoms with Crippen molar-refractivity contribution < 1.29 is 49.2 Å². The van der Waals surface area contributed by atoms with E-state index in [-0.39, 0.29) is 23.7 Å². The Morgan fingerprint density at radius 2 is 1.76 bits per heavy atom. The minimum Gasteiger partial charge on any atom is -0.504 e. The van der Waals surface area contributed by atoms with E-state index in [1.54, 1.807) is 18.2 Å². The van der Waals surface area contributed by atoms with Crippen LogP contribution in [0.4, 0.5) is 0 Å². The number of ether oxygens (including phenoxy) is 5. The summed E-state index contributed by atoms with van der Waals surface area (Å²) in [5.74, 6) is 0.214. The van der Waals surface area contributed by atoms with Crippen molar-refractivity contribution in [2.75, 3.05) is 26.9 Å². The Hall–Kier alpha value is -1.50. The summed E-state index contributed by atoms with van der Waals surface area (Å²) in [6.45, 7) is 0.164. The highest BCUT2D eigenvalue weighted by atomic mass is 16.8. The molecule has 4 rings (SSSR count). The van der Waals surface area contributed by atoms with Gasteiger partial charge in [-0.15, -0.1) is 0 Å². The minimum atomic E-state index is -1.51. The second-order valence-corrected chi connectivity index (χ2v) is 7.55. The lowest BCUT2D eigenvalue weighted by Crippen LogP contribution is -2.59. The van der Waals surface area contributed by atoms with Crippen LogP contribution < -0.4 is 4.74 Å². The van der Waals surface area contributed by atoms with Crippen molar-refractivity contribution in [3.63, 3.8) is 0 Å². The minimum absolute atomic E-state index is 0.0286. The number of aliphatic hydroxyl groups is 4. The molecule has 1 aromatic carbocycles. The van der Waals surface area contributed by atoms with Gasteiger partial charge in [-0.2, -0.15) is 0 Å². The van der Waals surface area contributed by atoms with E-state index in [4.69, 9.17) is 23.7 Å². The first-order valence-corrected chi connectivity index (χ1v) is 9.50. The van der Waals surface area contributed by atoms with Crippen molar-refractivity contribution in [3.05, 3.63) is 23.8 Å². The third-order valence-corrected chi connectivity index (χ3v) is 5.86. The average molecular weight is 414 g/mol. The zero-order chi connectivity index (χ0) is 20.7. The van der Waals surface area contributed by atoms with Gasteiger partial charge in [0.05, 0.1) is 33.0 Å². The Labute approximate surface area is 167 Å². The molecule has 3 saturated heterocycles. The molecule has 162 valence electrons. The highest BCUT2D eigenvalue weighted by molar-refractivity contribution is 5.42. The van der Waals surface area contributed by atoms with Crippen LogP contribution >= 0.6 is 0 Å². The molecule has 0 amide bonds. The summed E-state index contributed by atoms with van der Waals surface area (Å²) >= 11 is 0. The quantitative estimate of drug-likeness (QED) is 0.401. The van der Waals surface area contributed by atoms with E-state index in [1.807, 2.05) is 0 Å². The van der Waals surface area contributed by atoms with Gasteiger partial charge >= 0.3 is 0 Å². The largest absolute Gasteiger partial charge is 0.504 e. The molecule has 1 aromatic rings. The summed E-state index contributed by atoms with van der Waals surface area (Å²) in [6.07, 6.45) is -7.79. The molecule has 0 aliphatic carbocycles. The molecule has 29 heavy (non-hydrogen) atoms. The zero-order valence-electron chi connectivity index (χ0n) is 15.8. The number of aliphatic hydroxyl groups excluding tert-OH is 4. The highest BCUT2D eigenvalue weighted by Gasteiger charge is 2.51. The molecule has 3 aliphatic rings. The molecular formula is C19H26O10. The fourth-order valence-corrected chi connectivity index (χ4v) is 4.17. The number of benzene rings is 1. The van der Waals surface area contributed by atoms with Gasteiger partial charge in [-0.25, -0.2) is 0 Å². The monoisotopic (exact) mass is 414 g/mol. The molecule has 0 bridgehead atoms. The van der Waals surface area contributed by atoms with Gasteiger partial charge in [-0.3, -0.25) is 0 Å². The SMILES string of the molecule is COc1cc([C@H]2OC[C@@H]3[C@@H](O[C@@H]4O[C@H](CO)[C@@H](O)[C@H](O)[C@H]4O)OC[C@@H]32)ccc1O. The Morgan fingerprint density at radius 3 is 2.48 bits per heavy atom. The smallest absolute Gasteiger partial charge is 0.189 e. The van der Waals surface area contributed by atoms with E-state index in [1.165, 1.54) is 7.11 Å². The summed E-state index contributed by atoms with van der Waals surface area (Å²) < 4.78 is 28.0. The van der Waals surface area contributed by atoms with Crippen LogP contribution in [0.2, 0.25) is 0 Å². The van der Waals surface area contributed by atoms with E-state index in [0.717, 1.165) is 5.56 Å². The summed E-state index contributed by atoms with van der Waals surface area (Å²) in [6, 6.07) is 5.02. The number of rotatable bonds is 5. The third kappa shape index (κ3) is 3.71. The molecule has 0 saturated carbocycles. The standard InChI is InChI=1S/C19H26O10/c1-25-12-4-8(2-3-11(12)21)17-9-6-27-18(10(9)7-26-17)29-19-16(24)15(23)14(22)13(5-20)28-19/h2-4,9-10,13-24H,5-7H2,1H3/t9-,10-,13+,14+,15-,16+,17+,18+,19-/m0/s1. The number of fused-ring (bicyclic) bond motifs is 1. The van der Waals surface area contributed by atoms with Gasteiger partial charge in [0.15, 0.2) is 24.1 Å². The number of hydrogen-bond donors (Lipinski definition) is 5. The maximum atomic E-state index is 10.2. The zero-order valence-corrected chi connectivity index (χ0v) is 15.8. The van der Waals surface area contributed by atoms with Crippen molar-refractivity contribution in [1.29, 1.82) is 0 Å². The second kappa shape index (κ2) is 8.32. The van der Waals surface area contributed by atoms with Crippen LogP contribution in [0.25, 0.3) is 0 Å². The molecule has 0 aromatic heterocycles. The van der Waals surface area contributed by atoms with Gasteiger partial charge in [0.2, 0.25) is 0 Å². The number of phenolic OH excluding ortho intramolecular Hbond substituents is 1. The van der Waals surface area contributed by atoms with Crippen molar-refractivity contribution in [2.45, 2.75) is 43.1 Å². The van der Waals surface area contributed by atoms with Gasteiger partial charge < -0.3 is 49.2 Å². The predicted molar refractivity (Wildman–Crippen MR) is 94.9 cm³/mol. The normalized spacial score (nSPS) is 42.0. The van der Waals surface area contributed by atoms with Crippen LogP contribution in [0.3, 0.4) is 0 Å². The Balaban J connectivity index is 1.44. The summed E-state index contributed by atoms with van der Waals surface area (Å²) in [4.78, 5) is 0. The summed E-state index contributed by atoms with van der Waals surface area (Å²) in [5.41, 5.74) is 0.837. The summed E-state index contributed by atoms with van der Waals surface area (Å²) in [7, 11) is 1.47. The molecular weight excluding hydrogens is 388 g/mol. The second-order valence-electron chi connectivity index (χ2n) is 7.55. The Bertz CT molecular complexity index is 712. The Kier molecular flexibility index (Phi) is 5.96. The summed E-state index contributed by atoms with van der Waals surface area (Å²) in [5, 5.41) is 49.1. The molecule has 0 spiro atoms. The molecule has 0 radical (unpaired) electrons. The fourth-order valence-electron chi connectivity index (χ4n) is 4.17. The van der Waals surface area contributed by atoms with E-state index >= 15 is 0 Å². The van der Waals surface area contributed by atoms with Crippen molar-refractivity contribution >= 4 is 0 Å². The maximum absolute atomic E-state index is 10.2. The molecule has 0 unspecified atom stereocenters. The topological polar surface area (TPSA) is 147 Å². The van der Waals surface area contributed by atoms with Crippen LogP contribution in [0.1, 0.15) is 11.7 Å². The highest BCUT2D eigenvalue weighted by Crippen LogP contribution is 2.46. The molecule has 9 atom stereocenters. The maximum Gasteiger partial charge on any atom is 0.189 e. The lowest BCUT2D eigenvalue weighted by atomic mass is 9.89. The number of hydrogen-bond acceptors (Lipinski definition) is 10. The Morgan fingerprint density at radius 1 is 1.00 bits per heavy atom. The lowest BCUT2D eigenvalue weighted by molar-refractivity contribution is -0.336. The number of phenols is 1. The molecule has 10 nitrogen and oxygen atoms in total. The predicted octanol–water partition coefficient (Wildman–Crippen LogP) is -1.12. The first-order chi connectivity index (χ1) is 13.9. The van der Waals surface area contributed by atoms with Crippen LogP contribution in [-0.4, -0.2) is 89.5 Å². The fraction of sp³-hybridized carbons (Fsp3) is 0.684.